The molecule has 0 atom stereocenters. The first-order valence-electron chi connectivity index (χ1n) is 0. The Balaban J connectivity index is 0. The summed E-state index contributed by atoms with van der Waals surface area (Å²) in [5, 5.41) is 0. The summed E-state index contributed by atoms with van der Waals surface area (Å²) in [6.07, 6.45) is 0. The molecular weight excluding hydrogens is 580 g/mol. The quantitative estimate of drug-likeness (QED) is 0.250. The SMILES string of the molecule is [Br-].[Br-].[Br-].[Cs+].[Pb+2]. The van der Waals surface area contributed by atoms with Crippen LogP contribution in [0.25, 0.3) is 0 Å². The fraction of sp³-hybridized carbons (Fsp3) is 0. The van der Waals surface area contributed by atoms with Crippen molar-refractivity contribution in [2.75, 3.05) is 0 Å². The summed E-state index contributed by atoms with van der Waals surface area (Å²) >= 11 is 0. The molecule has 0 aliphatic heterocycles. The first-order valence-corrected chi connectivity index (χ1v) is 0. The largest absolute Gasteiger partial charge is 2.00 e. The van der Waals surface area contributed by atoms with E-state index in [1.807, 2.05) is 0 Å². The average molecular weight is 580 g/mol. The molecule has 0 nitrogen and oxygen atoms in total. The zero-order chi connectivity index (χ0) is 0. The van der Waals surface area contributed by atoms with Crippen molar-refractivity contribution in [3.63, 3.8) is 0 Å². The molecule has 0 saturated carbocycles. The normalized spacial score (nSPS) is 0. The van der Waals surface area contributed by atoms with E-state index in [1.54, 1.807) is 0 Å². The molecule has 0 heterocycles. The molecule has 26 valence electrons. The van der Waals surface area contributed by atoms with Crippen LogP contribution in [-0.4, -0.2) is 27.3 Å². The molecule has 0 N–H and O–H groups in total. The topological polar surface area (TPSA) is 0 Å². The Kier molecular flexibility index (Phi) is 162. The minimum atomic E-state index is 0. The zero-order valence-corrected chi connectivity index (χ0v) is 17.6. The van der Waals surface area contributed by atoms with Gasteiger partial charge in [0.05, 0.1) is 0 Å². The van der Waals surface area contributed by atoms with Crippen LogP contribution in [0.4, 0.5) is 0 Å². The Morgan fingerprint density at radius 1 is 0.600 bits per heavy atom. The van der Waals surface area contributed by atoms with Crippen LogP contribution < -0.4 is 120 Å². The van der Waals surface area contributed by atoms with Gasteiger partial charge in [0.25, 0.3) is 0 Å². The van der Waals surface area contributed by atoms with Gasteiger partial charge in [-0.05, 0) is 0 Å². The molecule has 0 rings (SSSR count). The van der Waals surface area contributed by atoms with Crippen molar-refractivity contribution >= 4 is 27.3 Å². The van der Waals surface area contributed by atoms with Crippen molar-refractivity contribution in [3.05, 3.63) is 0 Å². The van der Waals surface area contributed by atoms with Crippen LogP contribution in [0.15, 0.2) is 0 Å². The van der Waals surface area contributed by atoms with Crippen molar-refractivity contribution in [1.82, 2.24) is 0 Å². The Morgan fingerprint density at radius 2 is 0.600 bits per heavy atom. The minimum Gasteiger partial charge on any atom is -1.00 e. The van der Waals surface area contributed by atoms with E-state index in [0.717, 1.165) is 0 Å². The Morgan fingerprint density at radius 3 is 0.600 bits per heavy atom. The molecule has 0 unspecified atom stereocenters. The van der Waals surface area contributed by atoms with E-state index >= 15 is 0 Å². The van der Waals surface area contributed by atoms with Crippen LogP contribution in [-0.2, 0) is 0 Å². The fourth-order valence-electron chi connectivity index (χ4n) is 0. The Hall–Kier alpha value is 4.41. The molecule has 0 spiro atoms. The summed E-state index contributed by atoms with van der Waals surface area (Å²) in [5.74, 6) is 0. The third-order valence-electron chi connectivity index (χ3n) is 0. The summed E-state index contributed by atoms with van der Waals surface area (Å²) < 4.78 is 0. The first kappa shape index (κ1) is 34.2. The van der Waals surface area contributed by atoms with E-state index in [1.165, 1.54) is 0 Å². The monoisotopic (exact) mass is 578 g/mol. The Labute approximate surface area is 142 Å². The van der Waals surface area contributed by atoms with Gasteiger partial charge in [-0.25, -0.2) is 0 Å². The second-order valence-corrected chi connectivity index (χ2v) is 0. The Bertz CT molecular complexity index is 6.85. The van der Waals surface area contributed by atoms with E-state index in [-0.39, 0.29) is 147 Å². The number of halogens is 3. The molecule has 0 aliphatic carbocycles. The van der Waals surface area contributed by atoms with Gasteiger partial charge in [-0.3, -0.25) is 0 Å². The molecule has 0 saturated heterocycles. The number of hydrogen-bond acceptors (Lipinski definition) is 0. The van der Waals surface area contributed by atoms with Crippen molar-refractivity contribution in [2.24, 2.45) is 0 Å². The predicted octanol–water partition coefficient (Wildman–Crippen LogP) is -12.4. The molecule has 5 heavy (non-hydrogen) atoms. The fourth-order valence-corrected chi connectivity index (χ4v) is 0. The van der Waals surface area contributed by atoms with Crippen LogP contribution in [0.3, 0.4) is 0 Å². The number of hydrogen-bond donors (Lipinski definition) is 0. The predicted molar refractivity (Wildman–Crippen MR) is 5.75 cm³/mol. The van der Waals surface area contributed by atoms with E-state index in [0.29, 0.717) is 0 Å². The summed E-state index contributed by atoms with van der Waals surface area (Å²) in [6.45, 7) is 0. The van der Waals surface area contributed by atoms with Crippen LogP contribution in [0.2, 0.25) is 0 Å². The molecule has 0 bridgehead atoms. The maximum atomic E-state index is 0. The van der Waals surface area contributed by atoms with E-state index in [9.17, 15) is 0 Å². The van der Waals surface area contributed by atoms with Crippen molar-refractivity contribution < 1.29 is 120 Å². The molecule has 0 aromatic heterocycles. The summed E-state index contributed by atoms with van der Waals surface area (Å²) in [4.78, 5) is 0. The molecule has 0 fully saturated rings. The molecule has 0 aromatic carbocycles. The standard InChI is InChI=1S/3BrH.Cs.Pb/h3*1H;;/q;;;+1;+2/p-3. The summed E-state index contributed by atoms with van der Waals surface area (Å²) in [5.41, 5.74) is 0. The maximum Gasteiger partial charge on any atom is 2.00 e. The first-order chi connectivity index (χ1) is 0. The zero-order valence-electron chi connectivity index (χ0n) is 2.63. The van der Waals surface area contributed by atoms with Crippen LogP contribution in [0, 0.1) is 0 Å². The van der Waals surface area contributed by atoms with Gasteiger partial charge in [0, 0.05) is 0 Å². The molecule has 0 amide bonds. The average Bonchev–Trinajstić information content (AvgIpc) is 0. The van der Waals surface area contributed by atoms with E-state index in [4.69, 9.17) is 0 Å². The molecule has 5 heteroatoms. The molecular formula is Br3CsPb. The second kappa shape index (κ2) is 23.7. The van der Waals surface area contributed by atoms with Crippen LogP contribution >= 0.6 is 0 Å². The number of rotatable bonds is 0. The molecule has 2 radical (unpaired) electrons. The van der Waals surface area contributed by atoms with E-state index < -0.39 is 0 Å². The molecule has 0 aliphatic rings. The van der Waals surface area contributed by atoms with Gasteiger partial charge < -0.3 is 50.9 Å². The van der Waals surface area contributed by atoms with Gasteiger partial charge in [-0.1, -0.05) is 0 Å². The summed E-state index contributed by atoms with van der Waals surface area (Å²) in [6, 6.07) is 0. The van der Waals surface area contributed by atoms with Gasteiger partial charge in [0.1, 0.15) is 0 Å². The minimum absolute atomic E-state index is 0. The van der Waals surface area contributed by atoms with Gasteiger partial charge in [0.2, 0.25) is 0 Å². The third kappa shape index (κ3) is 17.8. The maximum absolute atomic E-state index is 0. The van der Waals surface area contributed by atoms with Crippen molar-refractivity contribution in [2.45, 2.75) is 0 Å². The van der Waals surface area contributed by atoms with Gasteiger partial charge >= 0.3 is 96.2 Å². The van der Waals surface area contributed by atoms with Gasteiger partial charge in [-0.2, -0.15) is 0 Å². The van der Waals surface area contributed by atoms with Gasteiger partial charge in [-0.15, -0.1) is 0 Å². The van der Waals surface area contributed by atoms with Crippen molar-refractivity contribution in [3.8, 4) is 0 Å². The van der Waals surface area contributed by atoms with Crippen LogP contribution in [0.5, 0.6) is 0 Å². The van der Waals surface area contributed by atoms with Crippen molar-refractivity contribution in [1.29, 1.82) is 0 Å². The van der Waals surface area contributed by atoms with Crippen LogP contribution in [0.1, 0.15) is 0 Å². The van der Waals surface area contributed by atoms with Gasteiger partial charge in [0.15, 0.2) is 0 Å². The van der Waals surface area contributed by atoms with E-state index in [2.05, 4.69) is 0 Å². The molecule has 0 aromatic rings. The summed E-state index contributed by atoms with van der Waals surface area (Å²) in [7, 11) is 0. The third-order valence-corrected chi connectivity index (χ3v) is 0. The second-order valence-electron chi connectivity index (χ2n) is 0. The smallest absolute Gasteiger partial charge is 1.00 e.